The van der Waals surface area contributed by atoms with Crippen molar-refractivity contribution >= 4 is 23.6 Å². The number of hydrogen-bond donors (Lipinski definition) is 2. The minimum atomic E-state index is -0.250. The smallest absolute Gasteiger partial charge is 0.298 e. The number of oxazole rings is 1. The summed E-state index contributed by atoms with van der Waals surface area (Å²) in [6.45, 7) is 4.36. The summed E-state index contributed by atoms with van der Waals surface area (Å²) in [5, 5.41) is 20.5. The molecule has 1 unspecified atom stereocenters. The molecule has 1 saturated heterocycles. The number of aliphatic hydroxyl groups is 1. The lowest BCUT2D eigenvalue weighted by atomic mass is 9.94. The summed E-state index contributed by atoms with van der Waals surface area (Å²) < 4.78 is 13.2. The number of methoxy groups -OCH3 is 1. The Morgan fingerprint density at radius 2 is 2.16 bits per heavy atom. The number of carboxylic acid groups (broad SMARTS) is 1. The highest BCUT2D eigenvalue weighted by Gasteiger charge is 2.25. The zero-order valence-electron chi connectivity index (χ0n) is 17.9. The predicted octanol–water partition coefficient (Wildman–Crippen LogP) is 2.28. The van der Waals surface area contributed by atoms with Gasteiger partial charge in [-0.1, -0.05) is 0 Å². The van der Waals surface area contributed by atoms with Crippen molar-refractivity contribution in [2.24, 2.45) is 5.92 Å². The highest BCUT2D eigenvalue weighted by atomic mass is 16.5. The normalized spacial score (nSPS) is 16.1. The number of benzene rings is 1. The summed E-state index contributed by atoms with van der Waals surface area (Å²) in [6, 6.07) is 6.36. The van der Waals surface area contributed by atoms with Crippen LogP contribution in [0, 0.1) is 12.8 Å². The zero-order valence-corrected chi connectivity index (χ0v) is 17.9. The SMILES string of the molecule is COc1ccc2oc(N3CCCC(Cc4nc(C)nn4CCCO)C3)nc2c1.O=CO. The number of anilines is 1. The van der Waals surface area contributed by atoms with Crippen molar-refractivity contribution in [3.63, 3.8) is 0 Å². The topological polar surface area (TPSA) is 127 Å². The molecule has 31 heavy (non-hydrogen) atoms. The first-order valence-corrected chi connectivity index (χ1v) is 10.4. The lowest BCUT2D eigenvalue weighted by Gasteiger charge is -2.31. The van der Waals surface area contributed by atoms with Crippen LogP contribution in [0.2, 0.25) is 0 Å². The first-order valence-electron chi connectivity index (χ1n) is 10.4. The lowest BCUT2D eigenvalue weighted by molar-refractivity contribution is -0.122. The van der Waals surface area contributed by atoms with Gasteiger partial charge in [-0.2, -0.15) is 10.1 Å². The molecule has 2 N–H and O–H groups in total. The maximum absolute atomic E-state index is 9.11. The minimum Gasteiger partial charge on any atom is -0.497 e. The molecule has 4 rings (SSSR count). The molecule has 1 aliphatic rings. The van der Waals surface area contributed by atoms with Gasteiger partial charge >= 0.3 is 0 Å². The first kappa shape index (κ1) is 22.5. The van der Waals surface area contributed by atoms with Gasteiger partial charge in [-0.05, 0) is 44.2 Å². The van der Waals surface area contributed by atoms with Gasteiger partial charge in [0, 0.05) is 38.7 Å². The number of aliphatic hydroxyl groups excluding tert-OH is 1. The molecule has 0 bridgehead atoms. The number of piperidine rings is 1. The molecule has 0 saturated carbocycles. The second kappa shape index (κ2) is 10.8. The highest BCUT2D eigenvalue weighted by Crippen LogP contribution is 2.29. The van der Waals surface area contributed by atoms with Crippen molar-refractivity contribution in [3.05, 3.63) is 29.8 Å². The van der Waals surface area contributed by atoms with Gasteiger partial charge in [0.25, 0.3) is 12.5 Å². The van der Waals surface area contributed by atoms with Crippen LogP contribution in [-0.4, -0.2) is 63.2 Å². The van der Waals surface area contributed by atoms with Crippen LogP contribution in [0.1, 0.15) is 30.9 Å². The molecule has 0 amide bonds. The van der Waals surface area contributed by atoms with Gasteiger partial charge in [0.05, 0.1) is 7.11 Å². The first-order chi connectivity index (χ1) is 15.1. The fourth-order valence-electron chi connectivity index (χ4n) is 3.87. The van der Waals surface area contributed by atoms with Crippen LogP contribution in [0.25, 0.3) is 11.1 Å². The van der Waals surface area contributed by atoms with Crippen molar-refractivity contribution in [1.29, 1.82) is 0 Å². The second-order valence-corrected chi connectivity index (χ2v) is 7.47. The second-order valence-electron chi connectivity index (χ2n) is 7.47. The van der Waals surface area contributed by atoms with E-state index in [1.807, 2.05) is 29.8 Å². The Morgan fingerprint density at radius 1 is 1.35 bits per heavy atom. The van der Waals surface area contributed by atoms with Crippen LogP contribution < -0.4 is 9.64 Å². The van der Waals surface area contributed by atoms with Crippen LogP contribution in [0.3, 0.4) is 0 Å². The van der Waals surface area contributed by atoms with E-state index in [0.717, 1.165) is 60.9 Å². The van der Waals surface area contributed by atoms with Gasteiger partial charge in [-0.25, -0.2) is 9.67 Å². The molecule has 10 heteroatoms. The average molecular weight is 431 g/mol. The number of fused-ring (bicyclic) bond motifs is 1. The average Bonchev–Trinajstić information content (AvgIpc) is 3.35. The van der Waals surface area contributed by atoms with Crippen molar-refractivity contribution in [2.75, 3.05) is 31.7 Å². The molecule has 1 aromatic carbocycles. The van der Waals surface area contributed by atoms with E-state index in [4.69, 9.17) is 24.2 Å². The Hall–Kier alpha value is -3.14. The van der Waals surface area contributed by atoms with Gasteiger partial charge in [-0.3, -0.25) is 4.79 Å². The summed E-state index contributed by atoms with van der Waals surface area (Å²) >= 11 is 0. The van der Waals surface area contributed by atoms with Crippen LogP contribution in [0.4, 0.5) is 6.01 Å². The standard InChI is InChI=1S/C20H27N5O3.CH2O2/c1-14-21-19(25(23-14)9-4-10-26)11-15-5-3-8-24(13-15)20-22-17-12-16(27-2)6-7-18(17)28-20;2-1-3/h6-7,12,15,26H,3-5,8-11,13H2,1-2H3;1H,(H,2,3). The molecular formula is C21H29N5O5. The van der Waals surface area contributed by atoms with Crippen molar-refractivity contribution < 1.29 is 24.2 Å². The number of hydrogen-bond acceptors (Lipinski definition) is 8. The Bertz CT molecular complexity index is 986. The number of ether oxygens (including phenoxy) is 1. The molecule has 3 heterocycles. The van der Waals surface area contributed by atoms with Crippen LogP contribution in [0.5, 0.6) is 5.75 Å². The molecular weight excluding hydrogens is 402 g/mol. The Morgan fingerprint density at radius 3 is 2.90 bits per heavy atom. The van der Waals surface area contributed by atoms with E-state index in [0.29, 0.717) is 24.9 Å². The molecule has 1 fully saturated rings. The summed E-state index contributed by atoms with van der Waals surface area (Å²) in [7, 11) is 1.65. The maximum Gasteiger partial charge on any atom is 0.298 e. The molecule has 0 aliphatic carbocycles. The molecule has 0 radical (unpaired) electrons. The summed E-state index contributed by atoms with van der Waals surface area (Å²) in [5.74, 6) is 3.03. The van der Waals surface area contributed by atoms with E-state index < -0.39 is 0 Å². The number of carbonyl (C=O) groups is 1. The number of aryl methyl sites for hydroxylation is 2. The molecule has 0 spiro atoms. The van der Waals surface area contributed by atoms with Crippen LogP contribution in [-0.2, 0) is 17.8 Å². The van der Waals surface area contributed by atoms with E-state index >= 15 is 0 Å². The van der Waals surface area contributed by atoms with E-state index in [9.17, 15) is 0 Å². The summed E-state index contributed by atoms with van der Waals surface area (Å²) in [6.07, 6.45) is 3.81. The number of rotatable bonds is 7. The third-order valence-corrected chi connectivity index (χ3v) is 5.23. The molecule has 10 nitrogen and oxygen atoms in total. The molecule has 1 aliphatic heterocycles. The molecule has 2 aromatic heterocycles. The summed E-state index contributed by atoms with van der Waals surface area (Å²) in [5.41, 5.74) is 1.59. The summed E-state index contributed by atoms with van der Waals surface area (Å²) in [4.78, 5) is 19.9. The third kappa shape index (κ3) is 5.72. The van der Waals surface area contributed by atoms with Crippen molar-refractivity contribution in [1.82, 2.24) is 19.7 Å². The lowest BCUT2D eigenvalue weighted by Crippen LogP contribution is -2.36. The maximum atomic E-state index is 9.11. The van der Waals surface area contributed by atoms with Crippen molar-refractivity contribution in [3.8, 4) is 5.75 Å². The molecule has 1 atom stereocenters. The van der Waals surface area contributed by atoms with Crippen molar-refractivity contribution in [2.45, 2.75) is 39.2 Å². The largest absolute Gasteiger partial charge is 0.497 e. The van der Waals surface area contributed by atoms with E-state index in [1.165, 1.54) is 0 Å². The van der Waals surface area contributed by atoms with E-state index in [2.05, 4.69) is 20.0 Å². The van der Waals surface area contributed by atoms with Gasteiger partial charge in [0.1, 0.15) is 22.9 Å². The van der Waals surface area contributed by atoms with Crippen LogP contribution in [0.15, 0.2) is 22.6 Å². The van der Waals surface area contributed by atoms with E-state index in [-0.39, 0.29) is 13.1 Å². The van der Waals surface area contributed by atoms with Gasteiger partial charge in [-0.15, -0.1) is 0 Å². The van der Waals surface area contributed by atoms with Gasteiger partial charge in [0.2, 0.25) is 0 Å². The monoisotopic (exact) mass is 431 g/mol. The Labute approximate surface area is 180 Å². The fraction of sp³-hybridized carbons (Fsp3) is 0.524. The van der Waals surface area contributed by atoms with E-state index in [1.54, 1.807) is 7.11 Å². The quantitative estimate of drug-likeness (QED) is 0.542. The van der Waals surface area contributed by atoms with Gasteiger partial charge < -0.3 is 24.3 Å². The van der Waals surface area contributed by atoms with Gasteiger partial charge in [0.15, 0.2) is 5.58 Å². The fourth-order valence-corrected chi connectivity index (χ4v) is 3.87. The molecule has 3 aromatic rings. The highest BCUT2D eigenvalue weighted by molar-refractivity contribution is 5.76. The number of nitrogens with zero attached hydrogens (tertiary/aromatic N) is 5. The predicted molar refractivity (Wildman–Crippen MR) is 114 cm³/mol. The zero-order chi connectivity index (χ0) is 22.2. The van der Waals surface area contributed by atoms with Crippen LogP contribution >= 0.6 is 0 Å². The third-order valence-electron chi connectivity index (χ3n) is 5.23. The Balaban J connectivity index is 0.000000858. The minimum absolute atomic E-state index is 0.165. The number of aromatic nitrogens is 4. The Kier molecular flexibility index (Phi) is 7.82. The molecule has 168 valence electrons.